The highest BCUT2D eigenvalue weighted by Crippen LogP contribution is 2.54. The van der Waals surface area contributed by atoms with E-state index < -0.39 is 14.3 Å². The van der Waals surface area contributed by atoms with Crippen LogP contribution in [-0.4, -0.2) is 49.0 Å². The van der Waals surface area contributed by atoms with E-state index in [1.54, 1.807) is 15.7 Å². The van der Waals surface area contributed by atoms with E-state index in [4.69, 9.17) is 9.16 Å². The molecular formula is C16H26BrNO4S2Si. The number of hydrogen-bond donors (Lipinski definition) is 0. The molecule has 0 aliphatic carbocycles. The number of allylic oxidation sites excluding steroid dienone is 1. The first-order chi connectivity index (χ1) is 11.5. The summed E-state index contributed by atoms with van der Waals surface area (Å²) in [7, 11) is 2.53. The third kappa shape index (κ3) is 3.85. The number of nitrogens with zero attached hydrogens (tertiary/aromatic N) is 1. The molecule has 1 amide bonds. The molecule has 5 nitrogen and oxygen atoms in total. The summed E-state index contributed by atoms with van der Waals surface area (Å²) in [5.41, 5.74) is 0.369. The van der Waals surface area contributed by atoms with E-state index >= 15 is 0 Å². The van der Waals surface area contributed by atoms with Gasteiger partial charge in [-0.1, -0.05) is 58.3 Å². The van der Waals surface area contributed by atoms with Gasteiger partial charge in [0.1, 0.15) is 11.1 Å². The van der Waals surface area contributed by atoms with Crippen molar-refractivity contribution < 1.29 is 18.8 Å². The zero-order chi connectivity index (χ0) is 19.2. The van der Waals surface area contributed by atoms with Gasteiger partial charge in [-0.25, -0.2) is 4.79 Å². The number of fused-ring (bicyclic) bond motifs is 1. The topological polar surface area (TPSA) is 55.8 Å². The summed E-state index contributed by atoms with van der Waals surface area (Å²) in [6.07, 6.45) is -0.174. The van der Waals surface area contributed by atoms with Crippen LogP contribution in [0.15, 0.2) is 10.6 Å². The van der Waals surface area contributed by atoms with E-state index in [0.29, 0.717) is 11.0 Å². The Balaban J connectivity index is 2.21. The first-order valence-corrected chi connectivity index (χ1v) is 14.4. The van der Waals surface area contributed by atoms with Crippen molar-refractivity contribution in [3.05, 3.63) is 10.6 Å². The van der Waals surface area contributed by atoms with E-state index in [9.17, 15) is 9.59 Å². The van der Waals surface area contributed by atoms with Gasteiger partial charge in [-0.15, -0.1) is 0 Å². The molecule has 2 aliphatic heterocycles. The molecule has 2 aliphatic rings. The Labute approximate surface area is 167 Å². The molecule has 0 bridgehead atoms. The molecule has 25 heavy (non-hydrogen) atoms. The Bertz CT molecular complexity index is 605. The molecule has 0 spiro atoms. The Morgan fingerprint density at radius 2 is 2.00 bits per heavy atom. The van der Waals surface area contributed by atoms with Gasteiger partial charge in [-0.2, -0.15) is 0 Å². The second kappa shape index (κ2) is 7.57. The van der Waals surface area contributed by atoms with Crippen LogP contribution < -0.4 is 0 Å². The van der Waals surface area contributed by atoms with Crippen LogP contribution in [0.3, 0.4) is 0 Å². The Morgan fingerprint density at radius 3 is 2.48 bits per heavy atom. The average Bonchev–Trinajstić information content (AvgIpc) is 2.50. The number of β-lactam (4-membered cyclic amide) rings is 1. The largest absolute Gasteiger partial charge is 0.464 e. The summed E-state index contributed by atoms with van der Waals surface area (Å²) < 4.78 is 11.3. The van der Waals surface area contributed by atoms with Gasteiger partial charge in [0.25, 0.3) is 0 Å². The third-order valence-electron chi connectivity index (χ3n) is 5.13. The number of methoxy groups -OCH3 is 1. The fraction of sp³-hybridized carbons (Fsp3) is 0.750. The predicted octanol–water partition coefficient (Wildman–Crippen LogP) is 4.36. The molecule has 0 radical (unpaired) electrons. The Morgan fingerprint density at radius 1 is 1.40 bits per heavy atom. The van der Waals surface area contributed by atoms with Crippen LogP contribution in [0, 0.1) is 5.92 Å². The number of rotatable bonds is 5. The monoisotopic (exact) mass is 467 g/mol. The molecule has 2 heterocycles. The number of ether oxygens (including phenoxy) is 1. The lowest BCUT2D eigenvalue weighted by atomic mass is 9.92. The maximum atomic E-state index is 12.8. The first kappa shape index (κ1) is 21.3. The standard InChI is InChI=1S/C16H26BrNO4S2Si/c1-9(22-25(6,7)16(2,3)4)11-13(19)18-12(15(20)21-5)10(8-17)23-24-14(11)18/h9,11,14H,8H2,1-7H3/t9-,11+,14-/m1/s1. The van der Waals surface area contributed by atoms with E-state index in [1.807, 2.05) is 6.92 Å². The molecule has 0 N–H and O–H groups in total. The lowest BCUT2D eigenvalue weighted by Crippen LogP contribution is -2.65. The maximum Gasteiger partial charge on any atom is 0.355 e. The number of alkyl halides is 1. The highest BCUT2D eigenvalue weighted by Gasteiger charge is 2.57. The summed E-state index contributed by atoms with van der Waals surface area (Å²) in [6, 6.07) is 0. The number of amides is 1. The predicted molar refractivity (Wildman–Crippen MR) is 110 cm³/mol. The Hall–Kier alpha value is 0.0369. The van der Waals surface area contributed by atoms with Gasteiger partial charge in [-0.3, -0.25) is 9.69 Å². The third-order valence-corrected chi connectivity index (χ3v) is 13.5. The van der Waals surface area contributed by atoms with E-state index in [-0.39, 0.29) is 28.3 Å². The second-order valence-electron chi connectivity index (χ2n) is 7.78. The molecule has 9 heteroatoms. The number of halogens is 1. The second-order valence-corrected chi connectivity index (χ2v) is 15.5. The molecule has 1 fully saturated rings. The zero-order valence-corrected chi connectivity index (χ0v) is 19.9. The molecule has 0 saturated carbocycles. The van der Waals surface area contributed by atoms with Crippen LogP contribution >= 0.6 is 37.5 Å². The van der Waals surface area contributed by atoms with Crippen LogP contribution in [0.4, 0.5) is 0 Å². The van der Waals surface area contributed by atoms with Crippen molar-refractivity contribution in [3.8, 4) is 0 Å². The van der Waals surface area contributed by atoms with Gasteiger partial charge in [0.15, 0.2) is 8.32 Å². The van der Waals surface area contributed by atoms with Crippen molar-refractivity contribution in [2.24, 2.45) is 5.92 Å². The number of esters is 1. The lowest BCUT2D eigenvalue weighted by molar-refractivity contribution is -0.157. The van der Waals surface area contributed by atoms with Crippen molar-refractivity contribution in [3.63, 3.8) is 0 Å². The normalized spacial score (nSPS) is 25.4. The Kier molecular flexibility index (Phi) is 6.47. The van der Waals surface area contributed by atoms with E-state index in [1.165, 1.54) is 17.9 Å². The quantitative estimate of drug-likeness (QED) is 0.197. The minimum absolute atomic E-state index is 0.0529. The average molecular weight is 469 g/mol. The highest BCUT2D eigenvalue weighted by molar-refractivity contribution is 9.09. The van der Waals surface area contributed by atoms with Gasteiger partial charge >= 0.3 is 5.97 Å². The molecule has 2 rings (SSSR count). The van der Waals surface area contributed by atoms with Crippen LogP contribution in [0.1, 0.15) is 27.7 Å². The summed E-state index contributed by atoms with van der Waals surface area (Å²) in [5, 5.41) is 0.517. The van der Waals surface area contributed by atoms with Crippen LogP contribution in [-0.2, 0) is 18.8 Å². The van der Waals surface area contributed by atoms with Gasteiger partial charge in [0, 0.05) is 10.2 Å². The minimum atomic E-state index is -1.96. The fourth-order valence-electron chi connectivity index (χ4n) is 2.65. The molecule has 3 atom stereocenters. The van der Waals surface area contributed by atoms with Crippen LogP contribution in [0.2, 0.25) is 18.1 Å². The van der Waals surface area contributed by atoms with E-state index in [2.05, 4.69) is 49.8 Å². The van der Waals surface area contributed by atoms with Crippen LogP contribution in [0.25, 0.3) is 0 Å². The minimum Gasteiger partial charge on any atom is -0.464 e. The van der Waals surface area contributed by atoms with Crippen molar-refractivity contribution >= 4 is 57.7 Å². The van der Waals surface area contributed by atoms with Gasteiger partial charge in [-0.05, 0) is 25.1 Å². The lowest BCUT2D eigenvalue weighted by Gasteiger charge is -2.52. The van der Waals surface area contributed by atoms with Crippen LogP contribution in [0.5, 0.6) is 0 Å². The van der Waals surface area contributed by atoms with Gasteiger partial charge in [0.2, 0.25) is 5.91 Å². The van der Waals surface area contributed by atoms with E-state index in [0.717, 1.165) is 4.91 Å². The van der Waals surface area contributed by atoms with Gasteiger partial charge < -0.3 is 9.16 Å². The molecule has 1 saturated heterocycles. The van der Waals surface area contributed by atoms with Gasteiger partial charge in [0.05, 0.1) is 19.1 Å². The SMILES string of the molecule is COC(=O)C1=C(CBr)SS[C@@H]2[C@@H]([C@@H](C)O[Si](C)(C)C(C)(C)C)C(=O)N12. The highest BCUT2D eigenvalue weighted by atomic mass is 79.9. The molecule has 0 aromatic rings. The number of carbonyl (C=O) groups is 2. The molecule has 0 aromatic carbocycles. The molecule has 0 aromatic heterocycles. The smallest absolute Gasteiger partial charge is 0.355 e. The molecule has 142 valence electrons. The van der Waals surface area contributed by atoms with Crippen molar-refractivity contribution in [1.29, 1.82) is 0 Å². The zero-order valence-electron chi connectivity index (χ0n) is 15.7. The maximum absolute atomic E-state index is 12.8. The number of hydrogen-bond acceptors (Lipinski definition) is 6. The molecule has 0 unspecified atom stereocenters. The molecular weight excluding hydrogens is 442 g/mol. The van der Waals surface area contributed by atoms with Crippen molar-refractivity contribution in [2.75, 3.05) is 12.4 Å². The number of carbonyl (C=O) groups excluding carboxylic acids is 2. The summed E-state index contributed by atoms with van der Waals surface area (Å²) >= 11 is 3.39. The first-order valence-electron chi connectivity index (χ1n) is 8.18. The fourth-order valence-corrected chi connectivity index (χ4v) is 8.09. The summed E-state index contributed by atoms with van der Waals surface area (Å²) in [6.45, 7) is 12.9. The van der Waals surface area contributed by atoms with Crippen molar-refractivity contribution in [2.45, 2.75) is 57.3 Å². The summed E-state index contributed by atoms with van der Waals surface area (Å²) in [5.74, 6) is -0.747. The van der Waals surface area contributed by atoms with Crippen molar-refractivity contribution in [1.82, 2.24) is 4.90 Å². The summed E-state index contributed by atoms with van der Waals surface area (Å²) in [4.78, 5) is 27.4.